The molecule has 1 aromatic heterocycles. The summed E-state index contributed by atoms with van der Waals surface area (Å²) < 4.78 is 2.50. The maximum atomic E-state index is 12.6. The molecule has 3 nitrogen and oxygen atoms in total. The Morgan fingerprint density at radius 2 is 1.65 bits per heavy atom. The van der Waals surface area contributed by atoms with E-state index in [1.807, 2.05) is 60.7 Å². The molecule has 2 aromatic carbocycles. The molecular weight excluding hydrogens is 352 g/mol. The number of nitriles is 1. The van der Waals surface area contributed by atoms with E-state index in [4.69, 9.17) is 0 Å². The lowest BCUT2D eigenvalue weighted by atomic mass is 9.99. The monoisotopic (exact) mass is 364 g/mol. The van der Waals surface area contributed by atoms with E-state index < -0.39 is 0 Å². The smallest absolute Gasteiger partial charge is 0.269 e. The van der Waals surface area contributed by atoms with Gasteiger partial charge in [-0.05, 0) is 29.3 Å². The molecule has 112 valence electrons. The molecule has 23 heavy (non-hydrogen) atoms. The summed E-state index contributed by atoms with van der Waals surface area (Å²) >= 11 is 3.41. The van der Waals surface area contributed by atoms with Gasteiger partial charge in [0.1, 0.15) is 11.6 Å². The van der Waals surface area contributed by atoms with E-state index in [1.165, 1.54) is 4.57 Å². The summed E-state index contributed by atoms with van der Waals surface area (Å²) in [6, 6.07) is 21.2. The average Bonchev–Trinajstić information content (AvgIpc) is 2.59. The van der Waals surface area contributed by atoms with Crippen molar-refractivity contribution in [3.8, 4) is 28.5 Å². The van der Waals surface area contributed by atoms with Gasteiger partial charge in [0.2, 0.25) is 0 Å². The van der Waals surface area contributed by atoms with Crippen molar-refractivity contribution in [2.24, 2.45) is 7.05 Å². The molecule has 0 saturated heterocycles. The first-order valence-corrected chi connectivity index (χ1v) is 7.86. The fraction of sp³-hybridized carbons (Fsp3) is 0.0526. The molecule has 0 spiro atoms. The fourth-order valence-corrected chi connectivity index (χ4v) is 2.81. The second-order valence-corrected chi connectivity index (χ2v) is 6.08. The molecular formula is C19H13BrN2O. The number of halogens is 1. The Kier molecular flexibility index (Phi) is 4.14. The van der Waals surface area contributed by atoms with Crippen molar-refractivity contribution in [3.05, 3.63) is 81.1 Å². The van der Waals surface area contributed by atoms with Crippen molar-refractivity contribution >= 4 is 15.9 Å². The molecule has 0 aliphatic rings. The van der Waals surface area contributed by atoms with Gasteiger partial charge >= 0.3 is 0 Å². The van der Waals surface area contributed by atoms with Gasteiger partial charge in [0.25, 0.3) is 5.56 Å². The first kappa shape index (κ1) is 15.3. The predicted molar refractivity (Wildman–Crippen MR) is 95.0 cm³/mol. The van der Waals surface area contributed by atoms with Crippen molar-refractivity contribution in [2.45, 2.75) is 0 Å². The van der Waals surface area contributed by atoms with Crippen molar-refractivity contribution in [1.82, 2.24) is 4.57 Å². The Hall–Kier alpha value is -2.64. The topological polar surface area (TPSA) is 45.8 Å². The predicted octanol–water partition coefficient (Wildman–Crippen LogP) is 4.35. The van der Waals surface area contributed by atoms with Crippen LogP contribution < -0.4 is 5.56 Å². The van der Waals surface area contributed by atoms with Crippen LogP contribution >= 0.6 is 15.9 Å². The van der Waals surface area contributed by atoms with Crippen LogP contribution in [-0.4, -0.2) is 4.57 Å². The molecule has 0 bridgehead atoms. The van der Waals surface area contributed by atoms with E-state index in [-0.39, 0.29) is 11.1 Å². The third-order valence-electron chi connectivity index (χ3n) is 3.77. The highest BCUT2D eigenvalue weighted by atomic mass is 79.9. The first-order valence-electron chi connectivity index (χ1n) is 7.07. The second kappa shape index (κ2) is 6.23. The van der Waals surface area contributed by atoms with E-state index in [9.17, 15) is 10.1 Å². The van der Waals surface area contributed by atoms with Gasteiger partial charge in [-0.15, -0.1) is 0 Å². The van der Waals surface area contributed by atoms with Crippen molar-refractivity contribution < 1.29 is 0 Å². The minimum atomic E-state index is -0.285. The van der Waals surface area contributed by atoms with Gasteiger partial charge in [-0.25, -0.2) is 0 Å². The zero-order valence-electron chi connectivity index (χ0n) is 12.5. The lowest BCUT2D eigenvalue weighted by Gasteiger charge is -2.13. The van der Waals surface area contributed by atoms with E-state index >= 15 is 0 Å². The Bertz CT molecular complexity index is 952. The maximum absolute atomic E-state index is 12.6. The summed E-state index contributed by atoms with van der Waals surface area (Å²) in [6.45, 7) is 0. The Morgan fingerprint density at radius 3 is 2.26 bits per heavy atom. The minimum Gasteiger partial charge on any atom is -0.310 e. The van der Waals surface area contributed by atoms with E-state index in [2.05, 4.69) is 22.0 Å². The number of rotatable bonds is 2. The van der Waals surface area contributed by atoms with Crippen molar-refractivity contribution in [1.29, 1.82) is 5.26 Å². The molecule has 0 N–H and O–H groups in total. The number of benzene rings is 2. The zero-order chi connectivity index (χ0) is 16.4. The highest BCUT2D eigenvalue weighted by molar-refractivity contribution is 9.10. The lowest BCUT2D eigenvalue weighted by Crippen LogP contribution is -2.22. The molecule has 0 aliphatic carbocycles. The molecule has 0 aliphatic heterocycles. The van der Waals surface area contributed by atoms with Crippen LogP contribution in [-0.2, 0) is 7.05 Å². The number of aromatic nitrogens is 1. The summed E-state index contributed by atoms with van der Waals surface area (Å²) in [7, 11) is 1.69. The third-order valence-corrected chi connectivity index (χ3v) is 4.30. The normalized spacial score (nSPS) is 10.3. The van der Waals surface area contributed by atoms with Gasteiger partial charge in [0.05, 0.1) is 5.69 Å². The Labute approximate surface area is 142 Å². The van der Waals surface area contributed by atoms with Gasteiger partial charge < -0.3 is 4.57 Å². The number of hydrogen-bond acceptors (Lipinski definition) is 2. The zero-order valence-corrected chi connectivity index (χ0v) is 14.0. The average molecular weight is 365 g/mol. The van der Waals surface area contributed by atoms with Gasteiger partial charge in [-0.3, -0.25) is 4.79 Å². The molecule has 3 aromatic rings. The van der Waals surface area contributed by atoms with E-state index in [0.29, 0.717) is 5.56 Å². The highest BCUT2D eigenvalue weighted by Crippen LogP contribution is 2.27. The second-order valence-electron chi connectivity index (χ2n) is 5.17. The minimum absolute atomic E-state index is 0.166. The van der Waals surface area contributed by atoms with Crippen LogP contribution in [0.5, 0.6) is 0 Å². The largest absolute Gasteiger partial charge is 0.310 e. The van der Waals surface area contributed by atoms with Crippen LogP contribution in [0.2, 0.25) is 0 Å². The van der Waals surface area contributed by atoms with Crippen LogP contribution in [0.3, 0.4) is 0 Å². The maximum Gasteiger partial charge on any atom is 0.269 e. The Morgan fingerprint density at radius 1 is 1.00 bits per heavy atom. The summed E-state index contributed by atoms with van der Waals surface area (Å²) in [5.41, 5.74) is 3.11. The van der Waals surface area contributed by atoms with Crippen molar-refractivity contribution in [3.63, 3.8) is 0 Å². The van der Waals surface area contributed by atoms with Crippen LogP contribution in [0.1, 0.15) is 5.56 Å². The van der Waals surface area contributed by atoms with Gasteiger partial charge in [0.15, 0.2) is 0 Å². The first-order chi connectivity index (χ1) is 11.1. The molecule has 1 heterocycles. The molecule has 0 amide bonds. The van der Waals surface area contributed by atoms with E-state index in [1.54, 1.807) is 7.05 Å². The van der Waals surface area contributed by atoms with Crippen molar-refractivity contribution in [2.75, 3.05) is 0 Å². The standard InChI is InChI=1S/C19H13BrN2O/c1-22-18(14-7-9-15(20)10-8-14)11-16(17(12-21)19(22)23)13-5-3-2-4-6-13/h2-11H,1H3. The summed E-state index contributed by atoms with van der Waals surface area (Å²) in [5.74, 6) is 0. The fourth-order valence-electron chi connectivity index (χ4n) is 2.55. The number of hydrogen-bond donors (Lipinski definition) is 0. The van der Waals surface area contributed by atoms with Gasteiger partial charge in [-0.2, -0.15) is 5.26 Å². The molecule has 4 heteroatoms. The third kappa shape index (κ3) is 2.84. The highest BCUT2D eigenvalue weighted by Gasteiger charge is 2.15. The quantitative estimate of drug-likeness (QED) is 0.678. The number of nitrogens with zero attached hydrogens (tertiary/aromatic N) is 2. The van der Waals surface area contributed by atoms with Crippen LogP contribution in [0.4, 0.5) is 0 Å². The summed E-state index contributed by atoms with van der Waals surface area (Å²) in [6.07, 6.45) is 0. The molecule has 0 unspecified atom stereocenters. The molecule has 0 fully saturated rings. The van der Waals surface area contributed by atoms with Crippen LogP contribution in [0, 0.1) is 11.3 Å². The van der Waals surface area contributed by atoms with Gasteiger partial charge in [0, 0.05) is 17.1 Å². The molecule has 0 saturated carbocycles. The lowest BCUT2D eigenvalue weighted by molar-refractivity contribution is 0.867. The molecule has 0 radical (unpaired) electrons. The summed E-state index contributed by atoms with van der Waals surface area (Å²) in [4.78, 5) is 12.6. The molecule has 0 atom stereocenters. The van der Waals surface area contributed by atoms with Gasteiger partial charge in [-0.1, -0.05) is 58.4 Å². The summed E-state index contributed by atoms with van der Waals surface area (Å²) in [5, 5.41) is 9.41. The number of pyridine rings is 1. The van der Waals surface area contributed by atoms with E-state index in [0.717, 1.165) is 21.3 Å². The Balaban J connectivity index is 2.31. The SMILES string of the molecule is Cn1c(-c2ccc(Br)cc2)cc(-c2ccccc2)c(C#N)c1=O. The molecule has 3 rings (SSSR count). The van der Waals surface area contributed by atoms with Crippen LogP contribution in [0.25, 0.3) is 22.4 Å². The van der Waals surface area contributed by atoms with Crippen LogP contribution in [0.15, 0.2) is 69.9 Å².